The smallest absolute Gasteiger partial charge is 0.245 e. The lowest BCUT2D eigenvalue weighted by atomic mass is 10.0. The molecule has 1 saturated carbocycles. The molecule has 2 saturated heterocycles. The molecule has 3 rings (SSSR count). The van der Waals surface area contributed by atoms with Crippen LogP contribution in [0.4, 0.5) is 0 Å². The van der Waals surface area contributed by atoms with E-state index in [4.69, 9.17) is 0 Å². The molecule has 106 valence electrons. The van der Waals surface area contributed by atoms with Gasteiger partial charge in [-0.15, -0.1) is 0 Å². The van der Waals surface area contributed by atoms with E-state index in [0.717, 1.165) is 38.3 Å². The highest BCUT2D eigenvalue weighted by Crippen LogP contribution is 2.29. The summed E-state index contributed by atoms with van der Waals surface area (Å²) in [5.74, 6) is 1.20. The number of nitrogens with zero attached hydrogens (tertiary/aromatic N) is 2. The Kier molecular flexibility index (Phi) is 3.76. The standard InChI is InChI=1S/C15H24N2O2/c18-14-8-11-16(10-7-12-4-1-2-5-12)15(19)13-6-3-9-17(13)14/h12-13H,1-11H2. The van der Waals surface area contributed by atoms with E-state index in [-0.39, 0.29) is 17.9 Å². The molecule has 3 fully saturated rings. The first kappa shape index (κ1) is 12.9. The van der Waals surface area contributed by atoms with E-state index in [2.05, 4.69) is 0 Å². The fourth-order valence-electron chi connectivity index (χ4n) is 3.88. The van der Waals surface area contributed by atoms with E-state index in [1.807, 2.05) is 9.80 Å². The van der Waals surface area contributed by atoms with Crippen molar-refractivity contribution in [1.82, 2.24) is 9.80 Å². The van der Waals surface area contributed by atoms with Gasteiger partial charge in [-0.1, -0.05) is 25.7 Å². The molecule has 1 aliphatic carbocycles. The number of rotatable bonds is 3. The summed E-state index contributed by atoms with van der Waals surface area (Å²) in [7, 11) is 0. The zero-order chi connectivity index (χ0) is 13.2. The van der Waals surface area contributed by atoms with Gasteiger partial charge in [-0.2, -0.15) is 0 Å². The third-order valence-electron chi connectivity index (χ3n) is 5.05. The first-order valence-electron chi connectivity index (χ1n) is 7.84. The van der Waals surface area contributed by atoms with E-state index >= 15 is 0 Å². The number of carbonyl (C=O) groups excluding carboxylic acids is 2. The van der Waals surface area contributed by atoms with Crippen molar-refractivity contribution < 1.29 is 9.59 Å². The summed E-state index contributed by atoms with van der Waals surface area (Å²) in [6.45, 7) is 2.28. The highest BCUT2D eigenvalue weighted by molar-refractivity contribution is 5.90. The molecule has 0 spiro atoms. The maximum Gasteiger partial charge on any atom is 0.245 e. The lowest BCUT2D eigenvalue weighted by Gasteiger charge is -2.26. The van der Waals surface area contributed by atoms with Crippen LogP contribution in [0.15, 0.2) is 0 Å². The van der Waals surface area contributed by atoms with Crippen LogP contribution in [0, 0.1) is 5.92 Å². The van der Waals surface area contributed by atoms with Crippen LogP contribution in [-0.4, -0.2) is 47.3 Å². The topological polar surface area (TPSA) is 40.6 Å². The van der Waals surface area contributed by atoms with Crippen molar-refractivity contribution in [2.24, 2.45) is 5.92 Å². The van der Waals surface area contributed by atoms with Crippen molar-refractivity contribution in [2.45, 2.75) is 57.4 Å². The first-order valence-corrected chi connectivity index (χ1v) is 7.84. The lowest BCUT2D eigenvalue weighted by Crippen LogP contribution is -2.44. The van der Waals surface area contributed by atoms with Gasteiger partial charge >= 0.3 is 0 Å². The van der Waals surface area contributed by atoms with Gasteiger partial charge < -0.3 is 9.80 Å². The second kappa shape index (κ2) is 5.51. The third-order valence-corrected chi connectivity index (χ3v) is 5.05. The minimum absolute atomic E-state index is 0.140. The van der Waals surface area contributed by atoms with Crippen LogP contribution in [0.25, 0.3) is 0 Å². The van der Waals surface area contributed by atoms with Gasteiger partial charge in [0.05, 0.1) is 0 Å². The lowest BCUT2D eigenvalue weighted by molar-refractivity contribution is -0.139. The van der Waals surface area contributed by atoms with Gasteiger partial charge in [-0.05, 0) is 25.2 Å². The normalized spacial score (nSPS) is 28.9. The zero-order valence-corrected chi connectivity index (χ0v) is 11.6. The Hall–Kier alpha value is -1.06. The Morgan fingerprint density at radius 3 is 2.58 bits per heavy atom. The molecule has 4 nitrogen and oxygen atoms in total. The van der Waals surface area contributed by atoms with Crippen molar-refractivity contribution in [3.63, 3.8) is 0 Å². The van der Waals surface area contributed by atoms with Crippen LogP contribution in [0.1, 0.15) is 51.4 Å². The van der Waals surface area contributed by atoms with Gasteiger partial charge in [0.25, 0.3) is 0 Å². The molecule has 0 radical (unpaired) electrons. The molecule has 1 atom stereocenters. The SMILES string of the molecule is O=C1C2CCCN2C(=O)CCN1CCC1CCCC1. The molecule has 1 unspecified atom stereocenters. The highest BCUT2D eigenvalue weighted by Gasteiger charge is 2.39. The summed E-state index contributed by atoms with van der Waals surface area (Å²) >= 11 is 0. The van der Waals surface area contributed by atoms with E-state index in [0.29, 0.717) is 13.0 Å². The summed E-state index contributed by atoms with van der Waals surface area (Å²) in [4.78, 5) is 28.3. The second-order valence-electron chi connectivity index (χ2n) is 6.26. The maximum absolute atomic E-state index is 12.5. The Balaban J connectivity index is 1.61. The van der Waals surface area contributed by atoms with Gasteiger partial charge in [0.2, 0.25) is 11.8 Å². The van der Waals surface area contributed by atoms with Gasteiger partial charge in [0.1, 0.15) is 6.04 Å². The van der Waals surface area contributed by atoms with Crippen LogP contribution in [-0.2, 0) is 9.59 Å². The van der Waals surface area contributed by atoms with Crippen LogP contribution < -0.4 is 0 Å². The summed E-state index contributed by atoms with van der Waals surface area (Å²) in [6.07, 6.45) is 8.87. The fraction of sp³-hybridized carbons (Fsp3) is 0.867. The minimum Gasteiger partial charge on any atom is -0.340 e. The summed E-state index contributed by atoms with van der Waals surface area (Å²) < 4.78 is 0. The number of carbonyl (C=O) groups is 2. The average Bonchev–Trinajstić information content (AvgIpc) is 3.07. The minimum atomic E-state index is -0.140. The molecule has 0 N–H and O–H groups in total. The molecule has 3 aliphatic rings. The second-order valence-corrected chi connectivity index (χ2v) is 6.26. The zero-order valence-electron chi connectivity index (χ0n) is 11.6. The van der Waals surface area contributed by atoms with E-state index in [1.165, 1.54) is 25.7 Å². The number of hydrogen-bond donors (Lipinski definition) is 0. The van der Waals surface area contributed by atoms with Crippen molar-refractivity contribution in [3.05, 3.63) is 0 Å². The number of fused-ring (bicyclic) bond motifs is 1. The van der Waals surface area contributed by atoms with Gasteiger partial charge in [0, 0.05) is 26.1 Å². The molecular formula is C15H24N2O2. The van der Waals surface area contributed by atoms with E-state index < -0.39 is 0 Å². The Morgan fingerprint density at radius 1 is 1.00 bits per heavy atom. The van der Waals surface area contributed by atoms with Gasteiger partial charge in [0.15, 0.2) is 0 Å². The molecule has 0 aromatic rings. The predicted octanol–water partition coefficient (Wildman–Crippen LogP) is 1.79. The molecule has 2 amide bonds. The number of amides is 2. The molecule has 19 heavy (non-hydrogen) atoms. The van der Waals surface area contributed by atoms with Crippen molar-refractivity contribution in [2.75, 3.05) is 19.6 Å². The monoisotopic (exact) mass is 264 g/mol. The van der Waals surface area contributed by atoms with Gasteiger partial charge in [-0.25, -0.2) is 0 Å². The molecule has 2 aliphatic heterocycles. The molecule has 2 heterocycles. The summed E-state index contributed by atoms with van der Waals surface area (Å²) in [5, 5.41) is 0. The van der Waals surface area contributed by atoms with Crippen LogP contribution in [0.2, 0.25) is 0 Å². The van der Waals surface area contributed by atoms with Crippen LogP contribution in [0.5, 0.6) is 0 Å². The van der Waals surface area contributed by atoms with Crippen molar-refractivity contribution in [1.29, 1.82) is 0 Å². The molecule has 0 bridgehead atoms. The Bertz CT molecular complexity index is 363. The maximum atomic E-state index is 12.5. The van der Waals surface area contributed by atoms with Crippen LogP contribution >= 0.6 is 0 Å². The number of hydrogen-bond acceptors (Lipinski definition) is 2. The predicted molar refractivity (Wildman–Crippen MR) is 72.5 cm³/mol. The molecular weight excluding hydrogens is 240 g/mol. The molecule has 0 aromatic carbocycles. The molecule has 0 aromatic heterocycles. The Labute approximate surface area is 115 Å². The highest BCUT2D eigenvalue weighted by atomic mass is 16.2. The fourth-order valence-corrected chi connectivity index (χ4v) is 3.88. The average molecular weight is 264 g/mol. The van der Waals surface area contributed by atoms with E-state index in [9.17, 15) is 9.59 Å². The third kappa shape index (κ3) is 2.63. The Morgan fingerprint density at radius 2 is 1.79 bits per heavy atom. The molecule has 4 heteroatoms. The van der Waals surface area contributed by atoms with Crippen molar-refractivity contribution in [3.8, 4) is 0 Å². The largest absolute Gasteiger partial charge is 0.340 e. The van der Waals surface area contributed by atoms with Gasteiger partial charge in [-0.3, -0.25) is 9.59 Å². The quantitative estimate of drug-likeness (QED) is 0.779. The van der Waals surface area contributed by atoms with Crippen LogP contribution in [0.3, 0.4) is 0 Å². The summed E-state index contributed by atoms with van der Waals surface area (Å²) in [5.41, 5.74) is 0. The summed E-state index contributed by atoms with van der Waals surface area (Å²) in [6, 6.07) is -0.140. The van der Waals surface area contributed by atoms with Crippen molar-refractivity contribution >= 4 is 11.8 Å². The first-order chi connectivity index (χ1) is 9.25. The van der Waals surface area contributed by atoms with E-state index in [1.54, 1.807) is 0 Å².